The molecule has 1 amide bonds. The summed E-state index contributed by atoms with van der Waals surface area (Å²) in [5, 5.41) is 6.38. The van der Waals surface area contributed by atoms with Crippen molar-refractivity contribution in [2.45, 2.75) is 52.1 Å². The van der Waals surface area contributed by atoms with Gasteiger partial charge in [-0.2, -0.15) is 0 Å². The first-order chi connectivity index (χ1) is 6.96. The van der Waals surface area contributed by atoms with Gasteiger partial charge in [0.15, 0.2) is 0 Å². The average molecular weight is 210 g/mol. The smallest absolute Gasteiger partial charge is 0.237 e. The highest BCUT2D eigenvalue weighted by Gasteiger charge is 2.47. The number of hydrogen-bond acceptors (Lipinski definition) is 2. The predicted molar refractivity (Wildman–Crippen MR) is 60.5 cm³/mol. The molecule has 0 unspecified atom stereocenters. The summed E-state index contributed by atoms with van der Waals surface area (Å²) in [6, 6.07) is 0.747. The maximum absolute atomic E-state index is 11.7. The molecule has 3 atom stereocenters. The molecule has 1 aliphatic heterocycles. The van der Waals surface area contributed by atoms with Crippen LogP contribution in [0.1, 0.15) is 40.0 Å². The lowest BCUT2D eigenvalue weighted by atomic mass is 9.92. The van der Waals surface area contributed by atoms with E-state index in [9.17, 15) is 4.79 Å². The van der Waals surface area contributed by atoms with Crippen molar-refractivity contribution in [3.05, 3.63) is 0 Å². The molecule has 1 heterocycles. The molecule has 0 aromatic carbocycles. The minimum Gasteiger partial charge on any atom is -0.355 e. The lowest BCUT2D eigenvalue weighted by molar-refractivity contribution is -0.123. The Morgan fingerprint density at radius 2 is 2.13 bits per heavy atom. The Kier molecular flexibility index (Phi) is 2.75. The number of piperidine rings is 1. The van der Waals surface area contributed by atoms with E-state index in [1.54, 1.807) is 0 Å². The summed E-state index contributed by atoms with van der Waals surface area (Å²) in [5.74, 6) is 0.995. The Hall–Kier alpha value is -0.570. The second-order valence-electron chi connectivity index (χ2n) is 6.16. The molecule has 0 bridgehead atoms. The molecule has 2 aliphatic rings. The Morgan fingerprint density at radius 3 is 2.67 bits per heavy atom. The third-order valence-electron chi connectivity index (χ3n) is 3.37. The number of rotatable bonds is 3. The van der Waals surface area contributed by atoms with Crippen LogP contribution in [-0.4, -0.2) is 24.5 Å². The third-order valence-corrected chi connectivity index (χ3v) is 3.37. The van der Waals surface area contributed by atoms with Crippen molar-refractivity contribution in [1.82, 2.24) is 10.6 Å². The first-order valence-electron chi connectivity index (χ1n) is 5.99. The molecule has 15 heavy (non-hydrogen) atoms. The van der Waals surface area contributed by atoms with E-state index in [1.165, 1.54) is 6.42 Å². The van der Waals surface area contributed by atoms with Crippen LogP contribution < -0.4 is 10.6 Å². The molecule has 0 aromatic rings. The van der Waals surface area contributed by atoms with Gasteiger partial charge in [-0.25, -0.2) is 0 Å². The second kappa shape index (κ2) is 3.78. The molecule has 86 valence electrons. The summed E-state index contributed by atoms with van der Waals surface area (Å²) in [6.45, 7) is 7.39. The Balaban J connectivity index is 1.65. The summed E-state index contributed by atoms with van der Waals surface area (Å²) < 4.78 is 0. The summed E-state index contributed by atoms with van der Waals surface area (Å²) >= 11 is 0. The van der Waals surface area contributed by atoms with Crippen LogP contribution in [0.15, 0.2) is 0 Å². The lowest BCUT2D eigenvalue weighted by Crippen LogP contribution is -2.43. The van der Waals surface area contributed by atoms with Gasteiger partial charge in [-0.3, -0.25) is 4.79 Å². The van der Waals surface area contributed by atoms with Crippen molar-refractivity contribution in [2.24, 2.45) is 11.3 Å². The topological polar surface area (TPSA) is 41.1 Å². The van der Waals surface area contributed by atoms with Gasteiger partial charge in [0.1, 0.15) is 0 Å². The fourth-order valence-electron chi connectivity index (χ4n) is 2.21. The van der Waals surface area contributed by atoms with E-state index in [1.807, 2.05) is 0 Å². The van der Waals surface area contributed by atoms with Crippen LogP contribution in [0.4, 0.5) is 0 Å². The highest BCUT2D eigenvalue weighted by molar-refractivity contribution is 5.82. The monoisotopic (exact) mass is 210 g/mol. The molecule has 3 heteroatoms. The van der Waals surface area contributed by atoms with Crippen LogP contribution in [0.25, 0.3) is 0 Å². The van der Waals surface area contributed by atoms with Crippen molar-refractivity contribution in [1.29, 1.82) is 0 Å². The van der Waals surface area contributed by atoms with Gasteiger partial charge in [0.2, 0.25) is 5.91 Å². The zero-order chi connectivity index (χ0) is 11.1. The maximum atomic E-state index is 11.7. The number of carbonyl (C=O) groups is 1. The highest BCUT2D eigenvalue weighted by atomic mass is 16.2. The molecule has 2 N–H and O–H groups in total. The molecule has 3 nitrogen and oxygen atoms in total. The molecule has 1 saturated heterocycles. The molecule has 0 spiro atoms. The Labute approximate surface area is 92.0 Å². The third kappa shape index (κ3) is 2.94. The first kappa shape index (κ1) is 10.9. The van der Waals surface area contributed by atoms with Gasteiger partial charge in [0.25, 0.3) is 0 Å². The van der Waals surface area contributed by atoms with Gasteiger partial charge < -0.3 is 10.6 Å². The molecular formula is C12H22N2O. The number of nitrogens with one attached hydrogen (secondary N) is 2. The Bertz CT molecular complexity index is 247. The second-order valence-corrected chi connectivity index (χ2v) is 6.16. The van der Waals surface area contributed by atoms with E-state index in [-0.39, 0.29) is 11.9 Å². The van der Waals surface area contributed by atoms with Gasteiger partial charge in [-0.15, -0.1) is 0 Å². The van der Waals surface area contributed by atoms with Crippen molar-refractivity contribution >= 4 is 5.91 Å². The summed E-state index contributed by atoms with van der Waals surface area (Å²) in [4.78, 5) is 11.7. The number of amides is 1. The van der Waals surface area contributed by atoms with Crippen LogP contribution in [0.3, 0.4) is 0 Å². The van der Waals surface area contributed by atoms with Crippen molar-refractivity contribution in [3.63, 3.8) is 0 Å². The average Bonchev–Trinajstić information content (AvgIpc) is 2.71. The predicted octanol–water partition coefficient (Wildman–Crippen LogP) is 1.29. The van der Waals surface area contributed by atoms with Gasteiger partial charge in [-0.1, -0.05) is 20.8 Å². The van der Waals surface area contributed by atoms with Crippen LogP contribution in [0.5, 0.6) is 0 Å². The van der Waals surface area contributed by atoms with Crippen LogP contribution in [0.2, 0.25) is 0 Å². The van der Waals surface area contributed by atoms with E-state index in [0.29, 0.717) is 11.5 Å². The maximum Gasteiger partial charge on any atom is 0.237 e. The molecule has 2 fully saturated rings. The van der Waals surface area contributed by atoms with E-state index in [0.717, 1.165) is 25.3 Å². The standard InChI is InChI=1S/C12H22N2O/c1-12(2,3)4-5-13-11(15)10-7-8-6-9(8)14-10/h8-10,14H,4-7H2,1-3H3,(H,13,15)/t8-,9-,10+/m1/s1. The number of carbonyl (C=O) groups excluding carboxylic acids is 1. The van der Waals surface area contributed by atoms with E-state index in [2.05, 4.69) is 31.4 Å². The molecule has 2 rings (SSSR count). The molecule has 0 aromatic heterocycles. The van der Waals surface area contributed by atoms with Crippen LogP contribution in [-0.2, 0) is 4.79 Å². The highest BCUT2D eigenvalue weighted by Crippen LogP contribution is 2.40. The van der Waals surface area contributed by atoms with E-state index in [4.69, 9.17) is 0 Å². The van der Waals surface area contributed by atoms with Crippen molar-refractivity contribution in [2.75, 3.05) is 6.54 Å². The van der Waals surface area contributed by atoms with Crippen LogP contribution >= 0.6 is 0 Å². The first-order valence-corrected chi connectivity index (χ1v) is 5.99. The summed E-state index contributed by atoms with van der Waals surface area (Å²) in [7, 11) is 0. The summed E-state index contributed by atoms with van der Waals surface area (Å²) in [5.41, 5.74) is 0.304. The Morgan fingerprint density at radius 1 is 1.40 bits per heavy atom. The van der Waals surface area contributed by atoms with Gasteiger partial charge in [0, 0.05) is 12.6 Å². The number of hydrogen-bond donors (Lipinski definition) is 2. The van der Waals surface area contributed by atoms with E-state index < -0.39 is 0 Å². The van der Waals surface area contributed by atoms with Gasteiger partial charge >= 0.3 is 0 Å². The SMILES string of the molecule is CC(C)(C)CCNC(=O)[C@@H]1C[C@H]2C[C@H]2N1. The normalized spacial score (nSPS) is 33.7. The fourth-order valence-corrected chi connectivity index (χ4v) is 2.21. The fraction of sp³-hybridized carbons (Fsp3) is 0.917. The molecular weight excluding hydrogens is 188 g/mol. The van der Waals surface area contributed by atoms with E-state index >= 15 is 0 Å². The molecule has 1 aliphatic carbocycles. The number of fused-ring (bicyclic) bond motifs is 1. The minimum atomic E-state index is 0.0914. The van der Waals surface area contributed by atoms with Gasteiger partial charge in [0.05, 0.1) is 6.04 Å². The zero-order valence-corrected chi connectivity index (χ0v) is 9.97. The van der Waals surface area contributed by atoms with Gasteiger partial charge in [-0.05, 0) is 30.6 Å². The summed E-state index contributed by atoms with van der Waals surface area (Å²) in [6.07, 6.45) is 3.37. The van der Waals surface area contributed by atoms with Crippen LogP contribution in [0, 0.1) is 11.3 Å². The molecule has 1 saturated carbocycles. The lowest BCUT2D eigenvalue weighted by Gasteiger charge is -2.19. The zero-order valence-electron chi connectivity index (χ0n) is 9.97. The van der Waals surface area contributed by atoms with Crippen molar-refractivity contribution < 1.29 is 4.79 Å². The largest absolute Gasteiger partial charge is 0.355 e. The minimum absolute atomic E-state index is 0.0914. The molecule has 0 radical (unpaired) electrons. The van der Waals surface area contributed by atoms with Crippen molar-refractivity contribution in [3.8, 4) is 0 Å². The quantitative estimate of drug-likeness (QED) is 0.737.